The number of amides is 1. The molecule has 1 fully saturated rings. The van der Waals surface area contributed by atoms with E-state index in [1.165, 1.54) is 16.6 Å². The smallest absolute Gasteiger partial charge is 0.244 e. The third-order valence-corrected chi connectivity index (χ3v) is 4.84. The molecule has 134 valence electrons. The molecule has 2 aromatic heterocycles. The van der Waals surface area contributed by atoms with E-state index in [9.17, 15) is 4.79 Å². The molecule has 3 aromatic rings. The number of benzene rings is 1. The topological polar surface area (TPSA) is 92.6 Å². The molecule has 1 saturated heterocycles. The molecule has 0 atom stereocenters. The van der Waals surface area contributed by atoms with Crippen molar-refractivity contribution in [3.8, 4) is 0 Å². The number of hydrogen-bond donors (Lipinski definition) is 1. The van der Waals surface area contributed by atoms with E-state index in [0.717, 1.165) is 43.7 Å². The zero-order valence-electron chi connectivity index (χ0n) is 14.5. The first-order chi connectivity index (χ1) is 12.8. The van der Waals surface area contributed by atoms with E-state index in [0.29, 0.717) is 5.92 Å². The number of carbonyl (C=O) groups is 1. The average Bonchev–Trinajstić information content (AvgIpc) is 3.35. The van der Waals surface area contributed by atoms with Crippen molar-refractivity contribution < 1.29 is 4.79 Å². The number of likely N-dealkylation sites (tertiary alicyclic amines) is 1. The lowest BCUT2D eigenvalue weighted by molar-refractivity contribution is -0.133. The van der Waals surface area contributed by atoms with Crippen LogP contribution in [0.3, 0.4) is 0 Å². The van der Waals surface area contributed by atoms with Crippen LogP contribution in [0, 0.1) is 0 Å². The van der Waals surface area contributed by atoms with Crippen LogP contribution in [0.4, 0.5) is 0 Å². The molecule has 26 heavy (non-hydrogen) atoms. The molecule has 0 spiro atoms. The lowest BCUT2D eigenvalue weighted by Gasteiger charge is -2.31. The molecule has 3 heterocycles. The van der Waals surface area contributed by atoms with Crippen LogP contribution in [-0.2, 0) is 17.8 Å². The summed E-state index contributed by atoms with van der Waals surface area (Å²) in [7, 11) is 0. The largest absolute Gasteiger partial charge is 0.341 e. The van der Waals surface area contributed by atoms with Gasteiger partial charge in [-0.2, -0.15) is 5.10 Å². The summed E-state index contributed by atoms with van der Waals surface area (Å²) in [5, 5.41) is 18.5. The lowest BCUT2D eigenvalue weighted by atomic mass is 9.93. The predicted octanol–water partition coefficient (Wildman–Crippen LogP) is 1.39. The van der Waals surface area contributed by atoms with Gasteiger partial charge in [-0.25, -0.2) is 4.68 Å². The minimum Gasteiger partial charge on any atom is -0.341 e. The van der Waals surface area contributed by atoms with Crippen LogP contribution in [0.1, 0.15) is 35.7 Å². The first kappa shape index (κ1) is 16.4. The molecule has 0 saturated carbocycles. The maximum absolute atomic E-state index is 12.3. The Bertz CT molecular complexity index is 836. The summed E-state index contributed by atoms with van der Waals surface area (Å²) in [6, 6.07) is 12.5. The van der Waals surface area contributed by atoms with Gasteiger partial charge in [-0.15, -0.1) is 5.10 Å². The number of aromatic nitrogens is 6. The number of tetrazole rings is 1. The van der Waals surface area contributed by atoms with E-state index >= 15 is 0 Å². The van der Waals surface area contributed by atoms with Crippen molar-refractivity contribution in [1.29, 1.82) is 0 Å². The number of carbonyl (C=O) groups excluding carboxylic acids is 1. The highest BCUT2D eigenvalue weighted by atomic mass is 16.2. The number of rotatable bonds is 5. The Morgan fingerprint density at radius 3 is 2.73 bits per heavy atom. The van der Waals surface area contributed by atoms with Crippen molar-refractivity contribution in [1.82, 2.24) is 35.3 Å². The quantitative estimate of drug-likeness (QED) is 0.750. The molecule has 0 radical (unpaired) electrons. The Kier molecular flexibility index (Phi) is 4.72. The van der Waals surface area contributed by atoms with Crippen LogP contribution in [0.15, 0.2) is 42.7 Å². The Morgan fingerprint density at radius 2 is 2.00 bits per heavy atom. The van der Waals surface area contributed by atoms with Crippen LogP contribution in [-0.4, -0.2) is 54.3 Å². The lowest BCUT2D eigenvalue weighted by Crippen LogP contribution is -2.39. The van der Waals surface area contributed by atoms with E-state index in [4.69, 9.17) is 0 Å². The van der Waals surface area contributed by atoms with Gasteiger partial charge in [-0.05, 0) is 34.9 Å². The van der Waals surface area contributed by atoms with Crippen molar-refractivity contribution in [2.24, 2.45) is 0 Å². The fraction of sp³-hybridized carbons (Fsp3) is 0.389. The molecule has 1 amide bonds. The van der Waals surface area contributed by atoms with Gasteiger partial charge in [0, 0.05) is 31.1 Å². The van der Waals surface area contributed by atoms with Gasteiger partial charge >= 0.3 is 0 Å². The van der Waals surface area contributed by atoms with Gasteiger partial charge in [0.1, 0.15) is 12.9 Å². The van der Waals surface area contributed by atoms with E-state index < -0.39 is 0 Å². The Balaban J connectivity index is 1.31. The summed E-state index contributed by atoms with van der Waals surface area (Å²) in [6.45, 7) is 1.68. The van der Waals surface area contributed by atoms with Crippen molar-refractivity contribution in [3.63, 3.8) is 0 Å². The number of H-pyrrole nitrogens is 1. The predicted molar refractivity (Wildman–Crippen MR) is 94.2 cm³/mol. The van der Waals surface area contributed by atoms with Crippen LogP contribution in [0.25, 0.3) is 0 Å². The SMILES string of the molecule is O=C(Cn1cnnn1)N1CCC(c2cc(Cc3ccccc3)[nH]n2)CC1. The fourth-order valence-electron chi connectivity index (χ4n) is 3.41. The highest BCUT2D eigenvalue weighted by Gasteiger charge is 2.25. The van der Waals surface area contributed by atoms with Crippen molar-refractivity contribution in [2.45, 2.75) is 31.7 Å². The highest BCUT2D eigenvalue weighted by molar-refractivity contribution is 5.75. The van der Waals surface area contributed by atoms with Gasteiger partial charge in [0.2, 0.25) is 5.91 Å². The number of nitrogens with zero attached hydrogens (tertiary/aromatic N) is 6. The minimum absolute atomic E-state index is 0.0579. The molecule has 0 bridgehead atoms. The van der Waals surface area contributed by atoms with Crippen molar-refractivity contribution in [3.05, 3.63) is 59.7 Å². The average molecular weight is 351 g/mol. The Hall–Kier alpha value is -3.03. The van der Waals surface area contributed by atoms with Crippen LogP contribution in [0.2, 0.25) is 0 Å². The summed E-state index contributed by atoms with van der Waals surface area (Å²) < 4.78 is 1.46. The minimum atomic E-state index is 0.0579. The Labute approximate surface area is 151 Å². The second kappa shape index (κ2) is 7.47. The van der Waals surface area contributed by atoms with Crippen LogP contribution >= 0.6 is 0 Å². The zero-order valence-corrected chi connectivity index (χ0v) is 14.5. The monoisotopic (exact) mass is 351 g/mol. The van der Waals surface area contributed by atoms with E-state index in [1.807, 2.05) is 11.0 Å². The summed E-state index contributed by atoms with van der Waals surface area (Å²) in [5.74, 6) is 0.454. The van der Waals surface area contributed by atoms with E-state index in [2.05, 4.69) is 56.1 Å². The number of aromatic amines is 1. The third-order valence-electron chi connectivity index (χ3n) is 4.84. The number of hydrogen-bond acceptors (Lipinski definition) is 5. The van der Waals surface area contributed by atoms with Gasteiger partial charge in [0.25, 0.3) is 0 Å². The summed E-state index contributed by atoms with van der Waals surface area (Å²) in [5.41, 5.74) is 3.50. The second-order valence-electron chi connectivity index (χ2n) is 6.64. The van der Waals surface area contributed by atoms with Crippen LogP contribution < -0.4 is 0 Å². The third kappa shape index (κ3) is 3.79. The molecule has 8 heteroatoms. The second-order valence-corrected chi connectivity index (χ2v) is 6.64. The molecule has 0 unspecified atom stereocenters. The summed E-state index contributed by atoms with van der Waals surface area (Å²) in [6.07, 6.45) is 4.17. The molecular formula is C18H21N7O. The normalized spacial score (nSPS) is 15.3. The number of piperidine rings is 1. The standard InChI is InChI=1S/C18H21N7O/c26-18(12-25-13-19-22-23-25)24-8-6-15(7-9-24)17-11-16(20-21-17)10-14-4-2-1-3-5-14/h1-5,11,13,15H,6-10,12H2,(H,20,21). The summed E-state index contributed by atoms with van der Waals surface area (Å²) >= 11 is 0. The molecular weight excluding hydrogens is 330 g/mol. The molecule has 0 aliphatic carbocycles. The van der Waals surface area contributed by atoms with Gasteiger partial charge in [-0.3, -0.25) is 9.89 Å². The van der Waals surface area contributed by atoms with Gasteiger partial charge in [-0.1, -0.05) is 30.3 Å². The Morgan fingerprint density at radius 1 is 1.19 bits per heavy atom. The maximum atomic E-state index is 12.3. The maximum Gasteiger partial charge on any atom is 0.244 e. The first-order valence-corrected chi connectivity index (χ1v) is 8.84. The van der Waals surface area contributed by atoms with E-state index in [-0.39, 0.29) is 12.5 Å². The molecule has 1 aromatic carbocycles. The van der Waals surface area contributed by atoms with E-state index in [1.54, 1.807) is 0 Å². The van der Waals surface area contributed by atoms with Gasteiger partial charge in [0.05, 0.1) is 5.69 Å². The molecule has 1 N–H and O–H groups in total. The van der Waals surface area contributed by atoms with Gasteiger partial charge in [0.15, 0.2) is 0 Å². The molecule has 8 nitrogen and oxygen atoms in total. The zero-order chi connectivity index (χ0) is 17.8. The first-order valence-electron chi connectivity index (χ1n) is 8.84. The fourth-order valence-corrected chi connectivity index (χ4v) is 3.41. The number of nitrogens with one attached hydrogen (secondary N) is 1. The summed E-state index contributed by atoms with van der Waals surface area (Å²) in [4.78, 5) is 14.2. The molecule has 4 rings (SSSR count). The van der Waals surface area contributed by atoms with Crippen molar-refractivity contribution in [2.75, 3.05) is 13.1 Å². The van der Waals surface area contributed by atoms with Crippen LogP contribution in [0.5, 0.6) is 0 Å². The van der Waals surface area contributed by atoms with Gasteiger partial charge < -0.3 is 4.90 Å². The molecule has 1 aliphatic rings. The van der Waals surface area contributed by atoms with Crippen molar-refractivity contribution >= 4 is 5.91 Å². The highest BCUT2D eigenvalue weighted by Crippen LogP contribution is 2.27. The molecule has 1 aliphatic heterocycles.